The average Bonchev–Trinajstić information content (AvgIpc) is 3.10. The molecule has 1 aliphatic heterocycles. The minimum absolute atomic E-state index is 0.237. The summed E-state index contributed by atoms with van der Waals surface area (Å²) in [4.78, 5) is 24.3. The number of fused-ring (bicyclic) bond motifs is 1. The Morgan fingerprint density at radius 3 is 2.93 bits per heavy atom. The number of rotatable bonds is 5. The number of H-pyrrole nitrogens is 1. The largest absolute Gasteiger partial charge is 0.380 e. The van der Waals surface area contributed by atoms with E-state index in [0.717, 1.165) is 52.1 Å². The number of hydrogen-bond donors (Lipinski definition) is 2. The maximum atomic E-state index is 11.9. The monoisotopic (exact) mass is 441 g/mol. The summed E-state index contributed by atoms with van der Waals surface area (Å²) < 4.78 is 1.04. The smallest absolute Gasteiger partial charge is 0.152 e. The topological polar surface area (TPSA) is 64.3 Å². The molecule has 2 aromatic heterocycles. The zero-order chi connectivity index (χ0) is 19.7. The summed E-state index contributed by atoms with van der Waals surface area (Å²) in [7, 11) is 0. The van der Waals surface area contributed by atoms with E-state index in [1.807, 2.05) is 24.3 Å². The molecular weight excluding hydrogens is 418 g/mol. The second kappa shape index (κ2) is 7.83. The minimum Gasteiger partial charge on any atom is -0.380 e. The summed E-state index contributed by atoms with van der Waals surface area (Å²) in [6, 6.07) is 12.3. The third-order valence-corrected chi connectivity index (χ3v) is 5.48. The molecule has 6 nitrogen and oxygen atoms in total. The lowest BCUT2D eigenvalue weighted by molar-refractivity contribution is -0.109. The Hall–Kier alpha value is -2.54. The van der Waals surface area contributed by atoms with Gasteiger partial charge in [0.05, 0.1) is 5.69 Å². The molecule has 0 spiro atoms. The molecule has 0 radical (unpaired) electrons. The standard InChI is InChI=1S/C21H24BrN5O/c1-14(2)24-19-4-3-7-23-21(19)26-8-9-27(17(12-26)13-28)20-11-15-10-16(22)5-6-18(15)25-20/h3-7,10-11,13-14,17,24-25H,8-9,12H2,1-2H3. The summed E-state index contributed by atoms with van der Waals surface area (Å²) in [5.74, 6) is 1.88. The second-order valence-corrected chi connectivity index (χ2v) is 8.32. The molecule has 0 bridgehead atoms. The Balaban J connectivity index is 1.58. The SMILES string of the molecule is CC(C)Nc1cccnc1N1CCN(c2cc3cc(Br)ccc3[nH]2)C(C=O)C1. The molecule has 2 N–H and O–H groups in total. The summed E-state index contributed by atoms with van der Waals surface area (Å²) in [6.45, 7) is 6.36. The molecule has 1 saturated heterocycles. The van der Waals surface area contributed by atoms with Crippen molar-refractivity contribution in [3.8, 4) is 0 Å². The van der Waals surface area contributed by atoms with E-state index in [4.69, 9.17) is 0 Å². The third-order valence-electron chi connectivity index (χ3n) is 4.98. The molecule has 146 valence electrons. The van der Waals surface area contributed by atoms with Crippen LogP contribution in [0, 0.1) is 0 Å². The van der Waals surface area contributed by atoms with Gasteiger partial charge in [-0.25, -0.2) is 4.98 Å². The molecule has 1 aromatic carbocycles. The van der Waals surface area contributed by atoms with Crippen molar-refractivity contribution < 1.29 is 4.79 Å². The summed E-state index contributed by atoms with van der Waals surface area (Å²) in [5.41, 5.74) is 2.07. The molecule has 7 heteroatoms. The van der Waals surface area contributed by atoms with Gasteiger partial charge in [0.25, 0.3) is 0 Å². The molecule has 0 amide bonds. The normalized spacial score (nSPS) is 17.4. The van der Waals surface area contributed by atoms with E-state index in [0.29, 0.717) is 12.6 Å². The fraction of sp³-hybridized carbons (Fsp3) is 0.333. The van der Waals surface area contributed by atoms with E-state index in [2.05, 4.69) is 67.0 Å². The van der Waals surface area contributed by atoms with Gasteiger partial charge in [-0.3, -0.25) is 0 Å². The van der Waals surface area contributed by atoms with Gasteiger partial charge in [0.2, 0.25) is 0 Å². The first-order chi connectivity index (χ1) is 13.5. The summed E-state index contributed by atoms with van der Waals surface area (Å²) in [5, 5.41) is 4.58. The lowest BCUT2D eigenvalue weighted by Crippen LogP contribution is -2.54. The molecule has 1 atom stereocenters. The van der Waals surface area contributed by atoms with Crippen LogP contribution in [-0.2, 0) is 4.79 Å². The summed E-state index contributed by atoms with van der Waals surface area (Å²) in [6.07, 6.45) is 2.84. The number of pyridine rings is 1. The van der Waals surface area contributed by atoms with Gasteiger partial charge in [-0.15, -0.1) is 0 Å². The van der Waals surface area contributed by atoms with Crippen molar-refractivity contribution in [3.05, 3.63) is 47.1 Å². The molecule has 1 fully saturated rings. The summed E-state index contributed by atoms with van der Waals surface area (Å²) >= 11 is 3.52. The highest BCUT2D eigenvalue weighted by Crippen LogP contribution is 2.30. The van der Waals surface area contributed by atoms with E-state index < -0.39 is 0 Å². The van der Waals surface area contributed by atoms with Gasteiger partial charge in [0.15, 0.2) is 5.82 Å². The van der Waals surface area contributed by atoms with E-state index in [1.165, 1.54) is 0 Å². The zero-order valence-electron chi connectivity index (χ0n) is 16.0. The van der Waals surface area contributed by atoms with Crippen molar-refractivity contribution in [2.75, 3.05) is 34.8 Å². The number of nitrogens with zero attached hydrogens (tertiary/aromatic N) is 3. The fourth-order valence-electron chi connectivity index (χ4n) is 3.73. The molecule has 1 unspecified atom stereocenters. The Kier molecular flexibility index (Phi) is 5.26. The van der Waals surface area contributed by atoms with Gasteiger partial charge in [-0.2, -0.15) is 0 Å². The number of aromatic nitrogens is 2. The number of anilines is 3. The van der Waals surface area contributed by atoms with Gasteiger partial charge in [-0.05, 0) is 50.2 Å². The van der Waals surface area contributed by atoms with Crippen LogP contribution in [-0.4, -0.2) is 48.0 Å². The highest BCUT2D eigenvalue weighted by Gasteiger charge is 2.29. The first-order valence-electron chi connectivity index (χ1n) is 9.52. The van der Waals surface area contributed by atoms with Gasteiger partial charge in [0.1, 0.15) is 18.1 Å². The van der Waals surface area contributed by atoms with Gasteiger partial charge >= 0.3 is 0 Å². The third kappa shape index (κ3) is 3.71. The van der Waals surface area contributed by atoms with Crippen LogP contribution in [0.4, 0.5) is 17.3 Å². The minimum atomic E-state index is -0.237. The molecule has 28 heavy (non-hydrogen) atoms. The van der Waals surface area contributed by atoms with Gasteiger partial charge in [0, 0.05) is 47.2 Å². The number of benzene rings is 1. The predicted octanol–water partition coefficient (Wildman–Crippen LogP) is 4.04. The van der Waals surface area contributed by atoms with Crippen molar-refractivity contribution >= 4 is 50.4 Å². The van der Waals surface area contributed by atoms with Crippen LogP contribution in [0.1, 0.15) is 13.8 Å². The lowest BCUT2D eigenvalue weighted by Gasteiger charge is -2.40. The number of carbonyl (C=O) groups is 1. The Morgan fingerprint density at radius 2 is 2.14 bits per heavy atom. The van der Waals surface area contributed by atoms with Gasteiger partial charge in [-0.1, -0.05) is 15.9 Å². The number of piperazine rings is 1. The Labute approximate surface area is 173 Å². The average molecular weight is 442 g/mol. The molecule has 0 aliphatic carbocycles. The van der Waals surface area contributed by atoms with Crippen molar-refractivity contribution in [1.82, 2.24) is 9.97 Å². The molecule has 3 aromatic rings. The highest BCUT2D eigenvalue weighted by molar-refractivity contribution is 9.10. The second-order valence-electron chi connectivity index (χ2n) is 7.40. The maximum Gasteiger partial charge on any atom is 0.152 e. The number of carbonyl (C=O) groups excluding carboxylic acids is 1. The Morgan fingerprint density at radius 1 is 1.29 bits per heavy atom. The fourth-order valence-corrected chi connectivity index (χ4v) is 4.11. The molecule has 0 saturated carbocycles. The quantitative estimate of drug-likeness (QED) is 0.584. The van der Waals surface area contributed by atoms with Crippen molar-refractivity contribution in [2.24, 2.45) is 0 Å². The van der Waals surface area contributed by atoms with Crippen LogP contribution < -0.4 is 15.1 Å². The van der Waals surface area contributed by atoms with Crippen LogP contribution in [0.5, 0.6) is 0 Å². The number of halogens is 1. The van der Waals surface area contributed by atoms with E-state index in [-0.39, 0.29) is 6.04 Å². The van der Waals surface area contributed by atoms with E-state index in [1.54, 1.807) is 6.20 Å². The predicted molar refractivity (Wildman–Crippen MR) is 118 cm³/mol. The molecule has 3 heterocycles. The first kappa shape index (κ1) is 18.8. The van der Waals surface area contributed by atoms with Crippen molar-refractivity contribution in [2.45, 2.75) is 25.9 Å². The van der Waals surface area contributed by atoms with Gasteiger partial charge < -0.3 is 24.9 Å². The highest BCUT2D eigenvalue weighted by atomic mass is 79.9. The molecular formula is C21H24BrN5O. The van der Waals surface area contributed by atoms with Crippen molar-refractivity contribution in [1.29, 1.82) is 0 Å². The van der Waals surface area contributed by atoms with Crippen molar-refractivity contribution in [3.63, 3.8) is 0 Å². The number of hydrogen-bond acceptors (Lipinski definition) is 5. The number of aromatic amines is 1. The zero-order valence-corrected chi connectivity index (χ0v) is 17.6. The lowest BCUT2D eigenvalue weighted by atomic mass is 10.1. The van der Waals surface area contributed by atoms with Crippen LogP contribution in [0.2, 0.25) is 0 Å². The number of nitrogens with one attached hydrogen (secondary N) is 2. The van der Waals surface area contributed by atoms with Crippen LogP contribution in [0.3, 0.4) is 0 Å². The molecule has 4 rings (SSSR count). The number of aldehydes is 1. The van der Waals surface area contributed by atoms with E-state index >= 15 is 0 Å². The van der Waals surface area contributed by atoms with E-state index in [9.17, 15) is 4.79 Å². The maximum absolute atomic E-state index is 11.9. The van der Waals surface area contributed by atoms with Crippen LogP contribution >= 0.6 is 15.9 Å². The molecule has 1 aliphatic rings. The van der Waals surface area contributed by atoms with Crippen LogP contribution in [0.25, 0.3) is 10.9 Å². The Bertz CT molecular complexity index is 986. The first-order valence-corrected chi connectivity index (χ1v) is 10.3. The van der Waals surface area contributed by atoms with Crippen LogP contribution in [0.15, 0.2) is 47.1 Å².